The van der Waals surface area contributed by atoms with Crippen LogP contribution in [0.5, 0.6) is 0 Å². The minimum absolute atomic E-state index is 0.0375. The Morgan fingerprint density at radius 1 is 1.13 bits per heavy atom. The second-order valence-electron chi connectivity index (χ2n) is 7.51. The van der Waals surface area contributed by atoms with Crippen LogP contribution >= 0.6 is 0 Å². The van der Waals surface area contributed by atoms with Crippen molar-refractivity contribution in [1.29, 1.82) is 0 Å². The van der Waals surface area contributed by atoms with E-state index in [1.54, 1.807) is 6.07 Å². The van der Waals surface area contributed by atoms with Gasteiger partial charge < -0.3 is 15.5 Å². The number of nitro benzene ring substituents is 1. The van der Waals surface area contributed by atoms with E-state index in [9.17, 15) is 24.5 Å². The molecule has 1 spiro atoms. The molecule has 0 bridgehead atoms. The van der Waals surface area contributed by atoms with Gasteiger partial charge in [-0.25, -0.2) is 0 Å². The summed E-state index contributed by atoms with van der Waals surface area (Å²) in [5.41, 5.74) is 0.517. The lowest BCUT2D eigenvalue weighted by Gasteiger charge is -2.40. The number of benzene rings is 2. The highest BCUT2D eigenvalue weighted by atomic mass is 16.6. The monoisotopic (exact) mass is 420 g/mol. The molecule has 1 saturated heterocycles. The summed E-state index contributed by atoms with van der Waals surface area (Å²) in [6, 6.07) is 13.2. The first-order chi connectivity index (χ1) is 14.9. The molecular formula is C22H20N4O5. The molecule has 1 fully saturated rings. The summed E-state index contributed by atoms with van der Waals surface area (Å²) >= 11 is 0. The number of rotatable bonds is 4. The van der Waals surface area contributed by atoms with Gasteiger partial charge in [-0.3, -0.25) is 24.5 Å². The van der Waals surface area contributed by atoms with E-state index in [1.807, 2.05) is 24.3 Å². The van der Waals surface area contributed by atoms with Gasteiger partial charge in [-0.15, -0.1) is 0 Å². The zero-order valence-corrected chi connectivity index (χ0v) is 16.5. The van der Waals surface area contributed by atoms with E-state index in [2.05, 4.69) is 10.6 Å². The summed E-state index contributed by atoms with van der Waals surface area (Å²) in [5.74, 6) is -1.35. The molecule has 2 aliphatic heterocycles. The third-order valence-electron chi connectivity index (χ3n) is 5.66. The highest BCUT2D eigenvalue weighted by Crippen LogP contribution is 2.39. The highest BCUT2D eigenvalue weighted by Gasteiger charge is 2.51. The van der Waals surface area contributed by atoms with E-state index < -0.39 is 22.3 Å². The average molecular weight is 420 g/mol. The first-order valence-corrected chi connectivity index (χ1v) is 9.84. The number of nitro groups is 1. The molecule has 3 amide bonds. The molecule has 1 unspecified atom stereocenters. The Bertz CT molecular complexity index is 1110. The van der Waals surface area contributed by atoms with Crippen LogP contribution in [-0.2, 0) is 20.8 Å². The summed E-state index contributed by atoms with van der Waals surface area (Å²) in [7, 11) is 0. The van der Waals surface area contributed by atoms with Gasteiger partial charge in [-0.1, -0.05) is 30.3 Å². The standard InChI is InChI=1S/C22H20N4O5/c27-19(23-17-8-3-4-9-18(17)26(30)31)10-11-20(28)25-13-5-12-22(25)14-15-6-1-2-7-16(15)24-21(22)29/h1-4,6-11H,5,12-14H2,(H,23,27)(H,24,29). The van der Waals surface area contributed by atoms with Crippen molar-refractivity contribution < 1.29 is 19.3 Å². The van der Waals surface area contributed by atoms with Crippen LogP contribution in [0.3, 0.4) is 0 Å². The maximum atomic E-state index is 12.9. The molecule has 0 aromatic heterocycles. The Morgan fingerprint density at radius 2 is 1.87 bits per heavy atom. The molecule has 2 heterocycles. The Labute approximate surface area is 177 Å². The predicted octanol–water partition coefficient (Wildman–Crippen LogP) is 2.65. The lowest BCUT2D eigenvalue weighted by Crippen LogP contribution is -2.58. The molecule has 31 heavy (non-hydrogen) atoms. The van der Waals surface area contributed by atoms with Crippen molar-refractivity contribution >= 4 is 34.8 Å². The maximum Gasteiger partial charge on any atom is 0.292 e. The molecular weight excluding hydrogens is 400 g/mol. The van der Waals surface area contributed by atoms with Crippen molar-refractivity contribution in [1.82, 2.24) is 4.90 Å². The van der Waals surface area contributed by atoms with Crippen LogP contribution in [0.4, 0.5) is 17.1 Å². The van der Waals surface area contributed by atoms with E-state index in [4.69, 9.17) is 0 Å². The fraction of sp³-hybridized carbons (Fsp3) is 0.227. The second-order valence-corrected chi connectivity index (χ2v) is 7.51. The van der Waals surface area contributed by atoms with E-state index >= 15 is 0 Å². The van der Waals surface area contributed by atoms with Crippen molar-refractivity contribution in [3.8, 4) is 0 Å². The molecule has 4 rings (SSSR count). The zero-order chi connectivity index (χ0) is 22.0. The Balaban J connectivity index is 1.49. The van der Waals surface area contributed by atoms with Crippen LogP contribution in [0.15, 0.2) is 60.7 Å². The average Bonchev–Trinajstić information content (AvgIpc) is 3.17. The lowest BCUT2D eigenvalue weighted by molar-refractivity contribution is -0.383. The van der Waals surface area contributed by atoms with Crippen LogP contribution in [0.25, 0.3) is 0 Å². The van der Waals surface area contributed by atoms with E-state index in [0.29, 0.717) is 25.8 Å². The van der Waals surface area contributed by atoms with Crippen LogP contribution in [-0.4, -0.2) is 39.6 Å². The predicted molar refractivity (Wildman–Crippen MR) is 113 cm³/mol. The quantitative estimate of drug-likeness (QED) is 0.447. The number of anilines is 2. The number of carbonyl (C=O) groups is 3. The zero-order valence-electron chi connectivity index (χ0n) is 16.5. The van der Waals surface area contributed by atoms with Gasteiger partial charge >= 0.3 is 0 Å². The number of hydrogen-bond acceptors (Lipinski definition) is 5. The number of fused-ring (bicyclic) bond motifs is 1. The molecule has 0 aliphatic carbocycles. The molecule has 158 valence electrons. The molecule has 2 N–H and O–H groups in total. The van der Waals surface area contributed by atoms with Crippen molar-refractivity contribution in [3.05, 3.63) is 76.4 Å². The number of carbonyl (C=O) groups excluding carboxylic acids is 3. The molecule has 2 aromatic carbocycles. The van der Waals surface area contributed by atoms with Crippen LogP contribution in [0, 0.1) is 10.1 Å². The smallest absolute Gasteiger partial charge is 0.292 e. The first kappa shape index (κ1) is 20.3. The summed E-state index contributed by atoms with van der Waals surface area (Å²) in [4.78, 5) is 50.0. The number of hydrogen-bond donors (Lipinski definition) is 2. The first-order valence-electron chi connectivity index (χ1n) is 9.84. The Kier molecular flexibility index (Phi) is 5.24. The van der Waals surface area contributed by atoms with Gasteiger partial charge in [0.1, 0.15) is 11.2 Å². The normalized spacial score (nSPS) is 19.9. The Morgan fingerprint density at radius 3 is 2.68 bits per heavy atom. The van der Waals surface area contributed by atoms with Gasteiger partial charge in [0.15, 0.2) is 0 Å². The number of likely N-dealkylation sites (tertiary alicyclic amines) is 1. The van der Waals surface area contributed by atoms with Crippen molar-refractivity contribution in [2.45, 2.75) is 24.8 Å². The maximum absolute atomic E-state index is 12.9. The molecule has 2 aromatic rings. The fourth-order valence-electron chi connectivity index (χ4n) is 4.20. The number of nitrogens with zero attached hydrogens (tertiary/aromatic N) is 2. The molecule has 0 saturated carbocycles. The SMILES string of the molecule is O=C(C=CC(=O)N1CCCC12Cc1ccccc1NC2=O)Nc1ccccc1[N+](=O)[O-]. The highest BCUT2D eigenvalue weighted by molar-refractivity contribution is 6.07. The minimum Gasteiger partial charge on any atom is -0.324 e. The van der Waals surface area contributed by atoms with Gasteiger partial charge in [-0.05, 0) is 30.5 Å². The fourth-order valence-corrected chi connectivity index (χ4v) is 4.20. The van der Waals surface area contributed by atoms with E-state index in [0.717, 1.165) is 23.4 Å². The van der Waals surface area contributed by atoms with E-state index in [-0.39, 0.29) is 17.3 Å². The molecule has 2 aliphatic rings. The summed E-state index contributed by atoms with van der Waals surface area (Å²) in [6.45, 7) is 0.407. The number of amides is 3. The third kappa shape index (κ3) is 3.77. The number of para-hydroxylation sites is 3. The Hall–Kier alpha value is -4.01. The van der Waals surface area contributed by atoms with Gasteiger partial charge in [0.05, 0.1) is 4.92 Å². The minimum atomic E-state index is -0.982. The van der Waals surface area contributed by atoms with Crippen LogP contribution in [0.1, 0.15) is 18.4 Å². The molecule has 9 heteroatoms. The van der Waals surface area contributed by atoms with Crippen molar-refractivity contribution in [2.24, 2.45) is 0 Å². The van der Waals surface area contributed by atoms with Gasteiger partial charge in [0.2, 0.25) is 11.8 Å². The third-order valence-corrected chi connectivity index (χ3v) is 5.66. The number of nitrogens with one attached hydrogen (secondary N) is 2. The van der Waals surface area contributed by atoms with Crippen molar-refractivity contribution in [2.75, 3.05) is 17.2 Å². The summed E-state index contributed by atoms with van der Waals surface area (Å²) in [5, 5.41) is 16.4. The molecule has 0 radical (unpaired) electrons. The largest absolute Gasteiger partial charge is 0.324 e. The van der Waals surface area contributed by atoms with Gasteiger partial charge in [0.25, 0.3) is 11.6 Å². The van der Waals surface area contributed by atoms with Crippen LogP contribution < -0.4 is 10.6 Å². The molecule has 1 atom stereocenters. The summed E-state index contributed by atoms with van der Waals surface area (Å²) < 4.78 is 0. The summed E-state index contributed by atoms with van der Waals surface area (Å²) in [6.07, 6.45) is 3.76. The van der Waals surface area contributed by atoms with Crippen molar-refractivity contribution in [3.63, 3.8) is 0 Å². The lowest BCUT2D eigenvalue weighted by atomic mass is 9.83. The topological polar surface area (TPSA) is 122 Å². The van der Waals surface area contributed by atoms with Gasteiger partial charge in [0, 0.05) is 36.9 Å². The van der Waals surface area contributed by atoms with Crippen LogP contribution in [0.2, 0.25) is 0 Å². The molecule has 9 nitrogen and oxygen atoms in total. The second kappa shape index (κ2) is 8.02. The van der Waals surface area contributed by atoms with E-state index in [1.165, 1.54) is 23.1 Å². The van der Waals surface area contributed by atoms with Gasteiger partial charge in [-0.2, -0.15) is 0 Å².